The van der Waals surface area contributed by atoms with E-state index in [1.165, 1.54) is 23.8 Å². The van der Waals surface area contributed by atoms with E-state index in [-0.39, 0.29) is 12.1 Å². The van der Waals surface area contributed by atoms with Gasteiger partial charge in [0.05, 0.1) is 5.97 Å². The molecule has 1 aromatic rings. The van der Waals surface area contributed by atoms with Gasteiger partial charge < -0.3 is 14.6 Å². The molecule has 4 amide bonds. The van der Waals surface area contributed by atoms with Crippen molar-refractivity contribution in [1.82, 2.24) is 10.2 Å². The highest BCUT2D eigenvalue weighted by atomic mass is 16.5. The van der Waals surface area contributed by atoms with E-state index in [0.29, 0.717) is 17.7 Å². The van der Waals surface area contributed by atoms with Gasteiger partial charge in [-0.1, -0.05) is 23.8 Å². The molecule has 152 valence electrons. The Balaban J connectivity index is 1.70. The SMILES string of the molecule is O=C([O-])COc1ccc(/C=C2\C(=O)NC(=O)N(CCC3=CCCCC3)C2=O)cc1. The second kappa shape index (κ2) is 9.18. The van der Waals surface area contributed by atoms with Gasteiger partial charge in [-0.15, -0.1) is 0 Å². The molecule has 1 N–H and O–H groups in total. The molecular weight excluding hydrogens is 376 g/mol. The van der Waals surface area contributed by atoms with Gasteiger partial charge in [-0.25, -0.2) is 4.79 Å². The lowest BCUT2D eigenvalue weighted by Crippen LogP contribution is -2.54. The van der Waals surface area contributed by atoms with Crippen LogP contribution in [-0.2, 0) is 14.4 Å². The number of hydrogen-bond acceptors (Lipinski definition) is 6. The van der Waals surface area contributed by atoms with Crippen LogP contribution in [0.4, 0.5) is 4.79 Å². The number of carbonyl (C=O) groups excluding carboxylic acids is 4. The van der Waals surface area contributed by atoms with Crippen LogP contribution in [0.15, 0.2) is 41.5 Å². The molecule has 1 aromatic carbocycles. The molecule has 0 atom stereocenters. The lowest BCUT2D eigenvalue weighted by Gasteiger charge is -2.27. The number of carboxylic acids is 1. The minimum absolute atomic E-state index is 0.134. The van der Waals surface area contributed by atoms with Gasteiger partial charge in [-0.05, 0) is 55.9 Å². The third-order valence-electron chi connectivity index (χ3n) is 4.78. The van der Waals surface area contributed by atoms with Gasteiger partial charge in [0.1, 0.15) is 17.9 Å². The second-order valence-corrected chi connectivity index (χ2v) is 6.86. The quantitative estimate of drug-likeness (QED) is 0.419. The van der Waals surface area contributed by atoms with E-state index >= 15 is 0 Å². The number of allylic oxidation sites excluding steroid dienone is 1. The molecule has 0 saturated carbocycles. The number of imide groups is 2. The highest BCUT2D eigenvalue weighted by Crippen LogP contribution is 2.22. The van der Waals surface area contributed by atoms with Crippen molar-refractivity contribution in [1.29, 1.82) is 0 Å². The monoisotopic (exact) mass is 397 g/mol. The van der Waals surface area contributed by atoms with Gasteiger partial charge in [0.2, 0.25) is 0 Å². The van der Waals surface area contributed by atoms with Crippen LogP contribution in [0.25, 0.3) is 6.08 Å². The Hall–Kier alpha value is -3.42. The summed E-state index contributed by atoms with van der Waals surface area (Å²) < 4.78 is 4.99. The highest BCUT2D eigenvalue weighted by molar-refractivity contribution is 6.31. The summed E-state index contributed by atoms with van der Waals surface area (Å²) >= 11 is 0. The molecule has 1 aliphatic carbocycles. The topological polar surface area (TPSA) is 116 Å². The molecule has 0 radical (unpaired) electrons. The number of carboxylic acid groups (broad SMARTS) is 1. The van der Waals surface area contributed by atoms with E-state index in [1.54, 1.807) is 12.1 Å². The molecule has 3 rings (SSSR count). The van der Waals surface area contributed by atoms with Crippen LogP contribution in [-0.4, -0.2) is 41.9 Å². The molecule has 1 heterocycles. The summed E-state index contributed by atoms with van der Waals surface area (Å²) in [6.45, 7) is -0.355. The summed E-state index contributed by atoms with van der Waals surface area (Å²) in [5, 5.41) is 12.6. The number of rotatable bonds is 7. The van der Waals surface area contributed by atoms with Gasteiger partial charge in [0.25, 0.3) is 11.8 Å². The smallest absolute Gasteiger partial charge is 0.331 e. The number of ether oxygens (including phenoxy) is 1. The third-order valence-corrected chi connectivity index (χ3v) is 4.78. The molecular formula is C21H21N2O6-. The Labute approximate surface area is 167 Å². The van der Waals surface area contributed by atoms with Crippen molar-refractivity contribution in [2.75, 3.05) is 13.2 Å². The average Bonchev–Trinajstić information content (AvgIpc) is 2.71. The number of nitrogens with one attached hydrogen (secondary N) is 1. The molecule has 8 heteroatoms. The molecule has 1 fully saturated rings. The summed E-state index contributed by atoms with van der Waals surface area (Å²) in [6, 6.07) is 5.47. The first kappa shape index (κ1) is 20.3. The van der Waals surface area contributed by atoms with Crippen molar-refractivity contribution in [2.45, 2.75) is 32.1 Å². The Kier molecular flexibility index (Phi) is 6.43. The molecule has 0 bridgehead atoms. The van der Waals surface area contributed by atoms with E-state index in [9.17, 15) is 24.3 Å². The van der Waals surface area contributed by atoms with Crippen LogP contribution < -0.4 is 15.2 Å². The van der Waals surface area contributed by atoms with Crippen LogP contribution in [0, 0.1) is 0 Å². The molecule has 29 heavy (non-hydrogen) atoms. The van der Waals surface area contributed by atoms with E-state index in [2.05, 4.69) is 11.4 Å². The number of urea groups is 1. The summed E-state index contributed by atoms with van der Waals surface area (Å²) in [5.74, 6) is -2.40. The normalized spacial score (nSPS) is 18.5. The number of aliphatic carboxylic acids is 1. The fourth-order valence-corrected chi connectivity index (χ4v) is 3.25. The first-order valence-electron chi connectivity index (χ1n) is 9.43. The highest BCUT2D eigenvalue weighted by Gasteiger charge is 2.35. The maximum Gasteiger partial charge on any atom is 0.331 e. The van der Waals surface area contributed by atoms with E-state index in [0.717, 1.165) is 30.6 Å². The molecule has 1 saturated heterocycles. The third kappa shape index (κ3) is 5.31. The fourth-order valence-electron chi connectivity index (χ4n) is 3.25. The van der Waals surface area contributed by atoms with Crippen molar-refractivity contribution >= 4 is 29.9 Å². The number of hydrogen-bond donors (Lipinski definition) is 1. The van der Waals surface area contributed by atoms with Crippen LogP contribution in [0.3, 0.4) is 0 Å². The Morgan fingerprint density at radius 3 is 2.59 bits per heavy atom. The average molecular weight is 397 g/mol. The van der Waals surface area contributed by atoms with E-state index in [4.69, 9.17) is 4.74 Å². The van der Waals surface area contributed by atoms with E-state index < -0.39 is 30.4 Å². The Morgan fingerprint density at radius 1 is 1.17 bits per heavy atom. The minimum atomic E-state index is -1.34. The molecule has 0 aromatic heterocycles. The van der Waals surface area contributed by atoms with Crippen molar-refractivity contribution in [2.24, 2.45) is 0 Å². The fraction of sp³-hybridized carbons (Fsp3) is 0.333. The number of carbonyl (C=O) groups is 4. The molecule has 1 aliphatic heterocycles. The number of barbiturate groups is 1. The zero-order chi connectivity index (χ0) is 20.8. The summed E-state index contributed by atoms with van der Waals surface area (Å²) in [5.41, 5.74) is 1.63. The van der Waals surface area contributed by atoms with Gasteiger partial charge in [-0.2, -0.15) is 0 Å². The maximum atomic E-state index is 12.7. The van der Waals surface area contributed by atoms with E-state index in [1.807, 2.05) is 0 Å². The number of nitrogens with zero attached hydrogens (tertiary/aromatic N) is 1. The zero-order valence-electron chi connectivity index (χ0n) is 15.8. The molecule has 2 aliphatic rings. The molecule has 0 spiro atoms. The minimum Gasteiger partial charge on any atom is -0.546 e. The zero-order valence-corrected chi connectivity index (χ0v) is 15.8. The van der Waals surface area contributed by atoms with Gasteiger partial charge in [0, 0.05) is 6.54 Å². The van der Waals surface area contributed by atoms with Crippen LogP contribution in [0.5, 0.6) is 5.75 Å². The second-order valence-electron chi connectivity index (χ2n) is 6.86. The Bertz CT molecular complexity index is 885. The molecule has 0 unspecified atom stereocenters. The van der Waals surface area contributed by atoms with Crippen LogP contribution in [0.1, 0.15) is 37.7 Å². The predicted octanol–water partition coefficient (Wildman–Crippen LogP) is 1.17. The van der Waals surface area contributed by atoms with Crippen molar-refractivity contribution < 1.29 is 29.0 Å². The Morgan fingerprint density at radius 2 is 1.93 bits per heavy atom. The summed E-state index contributed by atoms with van der Waals surface area (Å²) in [4.78, 5) is 48.5. The number of amides is 4. The number of benzene rings is 1. The van der Waals surface area contributed by atoms with Crippen molar-refractivity contribution in [3.63, 3.8) is 0 Å². The predicted molar refractivity (Wildman–Crippen MR) is 101 cm³/mol. The standard InChI is InChI=1S/C21H22N2O6/c24-18(25)13-29-16-8-6-15(7-9-16)12-17-19(26)22-21(28)23(20(17)27)11-10-14-4-2-1-3-5-14/h4,6-9,12H,1-3,5,10-11,13H2,(H,24,25)(H,22,26,28)/p-1/b17-12+. The maximum absolute atomic E-state index is 12.7. The summed E-state index contributed by atoms with van der Waals surface area (Å²) in [6.07, 6.45) is 8.40. The van der Waals surface area contributed by atoms with Gasteiger partial charge in [-0.3, -0.25) is 19.8 Å². The van der Waals surface area contributed by atoms with Crippen molar-refractivity contribution in [3.05, 3.63) is 47.1 Å². The first-order valence-corrected chi connectivity index (χ1v) is 9.43. The van der Waals surface area contributed by atoms with Crippen LogP contribution >= 0.6 is 0 Å². The lowest BCUT2D eigenvalue weighted by molar-refractivity contribution is -0.307. The van der Waals surface area contributed by atoms with Crippen molar-refractivity contribution in [3.8, 4) is 5.75 Å². The molecule has 8 nitrogen and oxygen atoms in total. The first-order chi connectivity index (χ1) is 13.9. The van der Waals surface area contributed by atoms with Gasteiger partial charge >= 0.3 is 6.03 Å². The summed E-state index contributed by atoms with van der Waals surface area (Å²) in [7, 11) is 0. The van der Waals surface area contributed by atoms with Gasteiger partial charge in [0.15, 0.2) is 0 Å². The van der Waals surface area contributed by atoms with Crippen LogP contribution in [0.2, 0.25) is 0 Å². The largest absolute Gasteiger partial charge is 0.546 e. The lowest BCUT2D eigenvalue weighted by atomic mass is 9.97.